The topological polar surface area (TPSA) is 43.8 Å². The van der Waals surface area contributed by atoms with E-state index in [9.17, 15) is 0 Å². The first-order valence-corrected chi connectivity index (χ1v) is 7.63. The van der Waals surface area contributed by atoms with Gasteiger partial charge in [0.05, 0.1) is 22.1 Å². The number of nitrogens with zero attached hydrogens (tertiary/aromatic N) is 2. The quantitative estimate of drug-likeness (QED) is 0.875. The van der Waals surface area contributed by atoms with Crippen LogP contribution in [0.25, 0.3) is 5.69 Å². The van der Waals surface area contributed by atoms with Crippen LogP contribution in [0.2, 0.25) is 5.02 Å². The summed E-state index contributed by atoms with van der Waals surface area (Å²) >= 11 is 8.02. The van der Waals surface area contributed by atoms with E-state index in [0.717, 1.165) is 33.4 Å². The highest BCUT2D eigenvalue weighted by Crippen LogP contribution is 2.30. The van der Waals surface area contributed by atoms with E-state index in [4.69, 9.17) is 17.3 Å². The average molecular weight is 296 g/mol. The Morgan fingerprint density at radius 3 is 2.63 bits per heavy atom. The summed E-state index contributed by atoms with van der Waals surface area (Å²) in [4.78, 5) is 1.21. The molecule has 5 heteroatoms. The van der Waals surface area contributed by atoms with E-state index in [1.54, 1.807) is 11.8 Å². The van der Waals surface area contributed by atoms with Gasteiger partial charge in [-0.3, -0.25) is 0 Å². The molecule has 0 aliphatic carbocycles. The van der Waals surface area contributed by atoms with Crippen molar-refractivity contribution < 1.29 is 0 Å². The molecule has 19 heavy (non-hydrogen) atoms. The Balaban J connectivity index is 2.61. The van der Waals surface area contributed by atoms with Crippen molar-refractivity contribution in [3.63, 3.8) is 0 Å². The van der Waals surface area contributed by atoms with Gasteiger partial charge < -0.3 is 5.73 Å². The van der Waals surface area contributed by atoms with Crippen molar-refractivity contribution in [2.45, 2.75) is 32.2 Å². The molecule has 2 rings (SSSR count). The van der Waals surface area contributed by atoms with E-state index in [-0.39, 0.29) is 0 Å². The molecule has 1 aromatic carbocycles. The van der Waals surface area contributed by atoms with Crippen LogP contribution >= 0.6 is 23.4 Å². The molecule has 1 heterocycles. The molecule has 2 aromatic rings. The van der Waals surface area contributed by atoms with Crippen LogP contribution in [0.1, 0.15) is 23.9 Å². The highest BCUT2D eigenvalue weighted by Gasteiger charge is 2.15. The zero-order valence-electron chi connectivity index (χ0n) is 11.4. The minimum Gasteiger partial charge on any atom is -0.326 e. The Labute approximate surface area is 123 Å². The number of halogens is 1. The minimum absolute atomic E-state index is 0.495. The first-order chi connectivity index (χ1) is 9.10. The number of aryl methyl sites for hydroxylation is 1. The lowest BCUT2D eigenvalue weighted by atomic mass is 10.1. The summed E-state index contributed by atoms with van der Waals surface area (Å²) in [6.45, 7) is 6.52. The molecule has 0 aliphatic rings. The molecular weight excluding hydrogens is 278 g/mol. The third kappa shape index (κ3) is 2.66. The van der Waals surface area contributed by atoms with Crippen LogP contribution in [0.15, 0.2) is 23.1 Å². The van der Waals surface area contributed by atoms with Crippen molar-refractivity contribution in [1.82, 2.24) is 9.78 Å². The van der Waals surface area contributed by atoms with Gasteiger partial charge in [-0.2, -0.15) is 5.10 Å². The Bertz CT molecular complexity index is 593. The van der Waals surface area contributed by atoms with E-state index < -0.39 is 0 Å². The summed E-state index contributed by atoms with van der Waals surface area (Å²) in [5.41, 5.74) is 9.86. The maximum Gasteiger partial charge on any atom is 0.0848 e. The van der Waals surface area contributed by atoms with Gasteiger partial charge in [-0.15, -0.1) is 11.8 Å². The molecule has 0 amide bonds. The summed E-state index contributed by atoms with van der Waals surface area (Å²) < 4.78 is 1.89. The lowest BCUT2D eigenvalue weighted by Crippen LogP contribution is -2.08. The molecule has 0 fully saturated rings. The summed E-state index contributed by atoms with van der Waals surface area (Å²) in [6, 6.07) is 6.18. The standard InChI is InChI=1S/C14H18ClN3S/c1-4-19-13-7-5-6-12(11(13)8-16)18-10(3)14(15)9(2)17-18/h5-7H,4,8,16H2,1-3H3. The summed E-state index contributed by atoms with van der Waals surface area (Å²) in [5.74, 6) is 1.02. The number of benzene rings is 1. The predicted octanol–water partition coefficient (Wildman–Crippen LogP) is 3.71. The van der Waals surface area contributed by atoms with Crippen molar-refractivity contribution in [3.05, 3.63) is 40.2 Å². The van der Waals surface area contributed by atoms with Gasteiger partial charge in [0, 0.05) is 17.0 Å². The first-order valence-electron chi connectivity index (χ1n) is 6.27. The van der Waals surface area contributed by atoms with E-state index >= 15 is 0 Å². The molecule has 1 aromatic heterocycles. The van der Waals surface area contributed by atoms with Crippen molar-refractivity contribution in [2.75, 3.05) is 5.75 Å². The van der Waals surface area contributed by atoms with Gasteiger partial charge in [0.1, 0.15) is 0 Å². The van der Waals surface area contributed by atoms with Crippen molar-refractivity contribution in [2.24, 2.45) is 5.73 Å². The third-order valence-electron chi connectivity index (χ3n) is 3.04. The zero-order chi connectivity index (χ0) is 14.0. The van der Waals surface area contributed by atoms with Crippen LogP contribution < -0.4 is 5.73 Å². The van der Waals surface area contributed by atoms with E-state index in [2.05, 4.69) is 18.1 Å². The van der Waals surface area contributed by atoms with Crippen LogP contribution in [-0.2, 0) is 6.54 Å². The van der Waals surface area contributed by atoms with Crippen LogP contribution in [0.4, 0.5) is 0 Å². The predicted molar refractivity (Wildman–Crippen MR) is 82.3 cm³/mol. The molecule has 0 bridgehead atoms. The third-order valence-corrected chi connectivity index (χ3v) is 4.57. The minimum atomic E-state index is 0.495. The second kappa shape index (κ2) is 5.99. The molecule has 0 saturated carbocycles. The largest absolute Gasteiger partial charge is 0.326 e. The fraction of sp³-hybridized carbons (Fsp3) is 0.357. The van der Waals surface area contributed by atoms with Gasteiger partial charge in [0.15, 0.2) is 0 Å². The van der Waals surface area contributed by atoms with E-state index in [0.29, 0.717) is 6.54 Å². The Kier molecular flexibility index (Phi) is 4.55. The van der Waals surface area contributed by atoms with Crippen LogP contribution in [-0.4, -0.2) is 15.5 Å². The summed E-state index contributed by atoms with van der Waals surface area (Å²) in [7, 11) is 0. The molecule has 0 aliphatic heterocycles. The molecule has 3 nitrogen and oxygen atoms in total. The number of hydrogen-bond acceptors (Lipinski definition) is 3. The van der Waals surface area contributed by atoms with Crippen molar-refractivity contribution >= 4 is 23.4 Å². The number of rotatable bonds is 4. The SMILES string of the molecule is CCSc1cccc(-n2nc(C)c(Cl)c2C)c1CN. The molecule has 0 spiro atoms. The van der Waals surface area contributed by atoms with Gasteiger partial charge in [-0.05, 0) is 31.7 Å². The highest BCUT2D eigenvalue weighted by molar-refractivity contribution is 7.99. The first kappa shape index (κ1) is 14.4. The Morgan fingerprint density at radius 1 is 1.37 bits per heavy atom. The van der Waals surface area contributed by atoms with Crippen molar-refractivity contribution in [3.8, 4) is 5.69 Å². The molecule has 0 radical (unpaired) electrons. The second-order valence-electron chi connectivity index (χ2n) is 4.29. The molecule has 0 unspecified atom stereocenters. The summed E-state index contributed by atoms with van der Waals surface area (Å²) in [5, 5.41) is 5.23. The number of aromatic nitrogens is 2. The maximum atomic E-state index is 6.22. The average Bonchev–Trinajstić information content (AvgIpc) is 2.66. The Hall–Kier alpha value is -0.970. The van der Waals surface area contributed by atoms with Gasteiger partial charge in [-0.25, -0.2) is 4.68 Å². The molecule has 2 N–H and O–H groups in total. The highest BCUT2D eigenvalue weighted by atomic mass is 35.5. The zero-order valence-corrected chi connectivity index (χ0v) is 13.0. The van der Waals surface area contributed by atoms with Gasteiger partial charge in [0.2, 0.25) is 0 Å². The summed E-state index contributed by atoms with van der Waals surface area (Å²) in [6.07, 6.45) is 0. The number of thioether (sulfide) groups is 1. The number of hydrogen-bond donors (Lipinski definition) is 1. The van der Waals surface area contributed by atoms with Gasteiger partial charge >= 0.3 is 0 Å². The fourth-order valence-corrected chi connectivity index (χ4v) is 3.07. The van der Waals surface area contributed by atoms with Crippen LogP contribution in [0, 0.1) is 13.8 Å². The molecule has 0 saturated heterocycles. The van der Waals surface area contributed by atoms with Crippen LogP contribution in [0.3, 0.4) is 0 Å². The van der Waals surface area contributed by atoms with Gasteiger partial charge in [-0.1, -0.05) is 24.6 Å². The lowest BCUT2D eigenvalue weighted by molar-refractivity contribution is 0.811. The molecule has 102 valence electrons. The van der Waals surface area contributed by atoms with Crippen LogP contribution in [0.5, 0.6) is 0 Å². The maximum absolute atomic E-state index is 6.22. The van der Waals surface area contributed by atoms with Crippen molar-refractivity contribution in [1.29, 1.82) is 0 Å². The monoisotopic (exact) mass is 295 g/mol. The van der Waals surface area contributed by atoms with E-state index in [1.807, 2.05) is 30.7 Å². The smallest absolute Gasteiger partial charge is 0.0848 e. The Morgan fingerprint density at radius 2 is 2.11 bits per heavy atom. The lowest BCUT2D eigenvalue weighted by Gasteiger charge is -2.13. The normalized spacial score (nSPS) is 11.0. The van der Waals surface area contributed by atoms with E-state index in [1.165, 1.54) is 4.90 Å². The van der Waals surface area contributed by atoms with Gasteiger partial charge in [0.25, 0.3) is 0 Å². The number of nitrogens with two attached hydrogens (primary N) is 1. The second-order valence-corrected chi connectivity index (χ2v) is 5.97. The molecular formula is C14H18ClN3S. The fourth-order valence-electron chi connectivity index (χ4n) is 2.11. The molecule has 0 atom stereocenters.